The molecule has 8 nitrogen and oxygen atoms in total. The summed E-state index contributed by atoms with van der Waals surface area (Å²) < 4.78 is 6.23. The highest BCUT2D eigenvalue weighted by molar-refractivity contribution is 7.21. The molecule has 0 amide bonds. The summed E-state index contributed by atoms with van der Waals surface area (Å²) in [6, 6.07) is 6.33. The maximum absolute atomic E-state index is 10.2. The SMILES string of the molecule is Cc1cc(-c2cnc3sc(N)nc3c2)cc2c1OCCN(c1nc(C(C)O)nc(C)c1C(C)C)C2. The number of benzene rings is 1. The molecule has 5 rings (SSSR count). The second-order valence-electron chi connectivity index (χ2n) is 9.39. The number of anilines is 2. The predicted octanol–water partition coefficient (Wildman–Crippen LogP) is 4.92. The van der Waals surface area contributed by atoms with Crippen molar-refractivity contribution in [3.63, 3.8) is 0 Å². The number of nitrogen functional groups attached to an aromatic ring is 1. The van der Waals surface area contributed by atoms with Crippen molar-refractivity contribution in [2.45, 2.75) is 53.2 Å². The molecule has 1 atom stereocenters. The van der Waals surface area contributed by atoms with Crippen LogP contribution in [-0.2, 0) is 6.54 Å². The highest BCUT2D eigenvalue weighted by Gasteiger charge is 2.25. The van der Waals surface area contributed by atoms with Crippen molar-refractivity contribution in [3.05, 3.63) is 52.6 Å². The summed E-state index contributed by atoms with van der Waals surface area (Å²) in [7, 11) is 0. The molecule has 35 heavy (non-hydrogen) atoms. The van der Waals surface area contributed by atoms with Crippen LogP contribution in [0.1, 0.15) is 61.0 Å². The fourth-order valence-electron chi connectivity index (χ4n) is 4.75. The molecule has 0 spiro atoms. The standard InChI is InChI=1S/C26H30N6O2S/c1-13(2)21-15(4)29-23(16(5)33)31-24(21)32-6-7-34-22-14(3)8-17(9-19(22)12-32)18-10-20-25(28-11-18)35-26(27)30-20/h8-11,13,16,33H,6-7,12H2,1-5H3,(H2,27,30). The van der Waals surface area contributed by atoms with E-state index in [2.05, 4.69) is 52.8 Å². The van der Waals surface area contributed by atoms with E-state index in [1.54, 1.807) is 6.92 Å². The van der Waals surface area contributed by atoms with Gasteiger partial charge in [0.05, 0.1) is 6.54 Å². The van der Waals surface area contributed by atoms with Gasteiger partial charge in [0.15, 0.2) is 11.0 Å². The molecule has 4 aromatic rings. The minimum absolute atomic E-state index is 0.244. The molecule has 0 saturated heterocycles. The molecule has 1 aromatic carbocycles. The Morgan fingerprint density at radius 1 is 1.09 bits per heavy atom. The lowest BCUT2D eigenvalue weighted by Gasteiger charge is -2.27. The third kappa shape index (κ3) is 4.41. The number of ether oxygens (including phenoxy) is 1. The van der Waals surface area contributed by atoms with Gasteiger partial charge in [-0.2, -0.15) is 0 Å². The first kappa shape index (κ1) is 23.4. The average molecular weight is 491 g/mol. The molecular formula is C26H30N6O2S. The van der Waals surface area contributed by atoms with E-state index in [0.29, 0.717) is 30.7 Å². The van der Waals surface area contributed by atoms with E-state index in [1.807, 2.05) is 19.2 Å². The molecule has 182 valence electrons. The van der Waals surface area contributed by atoms with E-state index in [4.69, 9.17) is 15.5 Å². The van der Waals surface area contributed by atoms with E-state index in [1.165, 1.54) is 11.3 Å². The Morgan fingerprint density at radius 3 is 2.63 bits per heavy atom. The van der Waals surface area contributed by atoms with Gasteiger partial charge in [-0.3, -0.25) is 0 Å². The lowest BCUT2D eigenvalue weighted by Crippen LogP contribution is -2.29. The van der Waals surface area contributed by atoms with Gasteiger partial charge >= 0.3 is 0 Å². The van der Waals surface area contributed by atoms with Crippen molar-refractivity contribution in [2.75, 3.05) is 23.8 Å². The van der Waals surface area contributed by atoms with Gasteiger partial charge in [-0.15, -0.1) is 0 Å². The maximum Gasteiger partial charge on any atom is 0.182 e. The van der Waals surface area contributed by atoms with Gasteiger partial charge in [-0.25, -0.2) is 19.9 Å². The number of aliphatic hydroxyl groups excluding tert-OH is 1. The van der Waals surface area contributed by atoms with Crippen LogP contribution in [0.3, 0.4) is 0 Å². The fraction of sp³-hybridized carbons (Fsp3) is 0.385. The number of nitrogens with two attached hydrogens (primary N) is 1. The first-order valence-corrected chi connectivity index (χ1v) is 12.6. The van der Waals surface area contributed by atoms with Crippen LogP contribution in [0.15, 0.2) is 24.4 Å². The quantitative estimate of drug-likeness (QED) is 0.415. The summed E-state index contributed by atoms with van der Waals surface area (Å²) in [5.74, 6) is 2.46. The third-order valence-electron chi connectivity index (χ3n) is 6.30. The zero-order chi connectivity index (χ0) is 24.9. The molecule has 1 aliphatic heterocycles. The van der Waals surface area contributed by atoms with Gasteiger partial charge < -0.3 is 20.5 Å². The van der Waals surface area contributed by atoms with Crippen molar-refractivity contribution in [1.82, 2.24) is 19.9 Å². The van der Waals surface area contributed by atoms with Gasteiger partial charge in [-0.1, -0.05) is 25.2 Å². The minimum atomic E-state index is -0.736. The number of thiazole rings is 1. The number of hydrogen-bond donors (Lipinski definition) is 2. The summed E-state index contributed by atoms with van der Waals surface area (Å²) in [4.78, 5) is 21.4. The smallest absolute Gasteiger partial charge is 0.182 e. The maximum atomic E-state index is 10.2. The monoisotopic (exact) mass is 490 g/mol. The molecule has 1 unspecified atom stereocenters. The number of aromatic nitrogens is 4. The molecule has 9 heteroatoms. The van der Waals surface area contributed by atoms with Crippen LogP contribution in [0.5, 0.6) is 5.75 Å². The fourth-order valence-corrected chi connectivity index (χ4v) is 5.41. The Morgan fingerprint density at radius 2 is 1.89 bits per heavy atom. The van der Waals surface area contributed by atoms with Crippen LogP contribution in [0.4, 0.5) is 10.9 Å². The van der Waals surface area contributed by atoms with Crippen molar-refractivity contribution >= 4 is 32.6 Å². The predicted molar refractivity (Wildman–Crippen MR) is 140 cm³/mol. The molecule has 0 fully saturated rings. The lowest BCUT2D eigenvalue weighted by molar-refractivity contribution is 0.188. The molecular weight excluding hydrogens is 460 g/mol. The second kappa shape index (κ2) is 9.05. The Hall–Kier alpha value is -3.30. The number of aliphatic hydroxyl groups is 1. The highest BCUT2D eigenvalue weighted by atomic mass is 32.1. The topological polar surface area (TPSA) is 110 Å². The number of hydrogen-bond acceptors (Lipinski definition) is 9. The van der Waals surface area contributed by atoms with Crippen LogP contribution in [0, 0.1) is 13.8 Å². The van der Waals surface area contributed by atoms with Crippen molar-refractivity contribution < 1.29 is 9.84 Å². The minimum Gasteiger partial charge on any atom is -0.491 e. The van der Waals surface area contributed by atoms with Crippen molar-refractivity contribution in [2.24, 2.45) is 0 Å². The van der Waals surface area contributed by atoms with Gasteiger partial charge in [0, 0.05) is 35.1 Å². The number of rotatable bonds is 4. The van der Waals surface area contributed by atoms with Gasteiger partial charge in [-0.05, 0) is 56.0 Å². The number of aryl methyl sites for hydroxylation is 2. The van der Waals surface area contributed by atoms with E-state index in [0.717, 1.165) is 55.4 Å². The molecule has 4 heterocycles. The number of fused-ring (bicyclic) bond motifs is 2. The Bertz CT molecular complexity index is 1410. The van der Waals surface area contributed by atoms with Crippen molar-refractivity contribution in [3.8, 4) is 16.9 Å². The Balaban J connectivity index is 1.58. The summed E-state index contributed by atoms with van der Waals surface area (Å²) in [6.45, 7) is 11.9. The zero-order valence-corrected chi connectivity index (χ0v) is 21.5. The Labute approximate surface area is 208 Å². The van der Waals surface area contributed by atoms with E-state index in [-0.39, 0.29) is 5.92 Å². The van der Waals surface area contributed by atoms with E-state index in [9.17, 15) is 5.11 Å². The molecule has 0 aliphatic carbocycles. The first-order chi connectivity index (χ1) is 16.7. The van der Waals surface area contributed by atoms with E-state index < -0.39 is 6.10 Å². The normalized spacial score (nSPS) is 14.7. The molecule has 3 N–H and O–H groups in total. The van der Waals surface area contributed by atoms with Crippen LogP contribution in [0.25, 0.3) is 21.5 Å². The van der Waals surface area contributed by atoms with Gasteiger partial charge in [0.25, 0.3) is 0 Å². The van der Waals surface area contributed by atoms with Crippen molar-refractivity contribution in [1.29, 1.82) is 0 Å². The summed E-state index contributed by atoms with van der Waals surface area (Å²) >= 11 is 1.39. The third-order valence-corrected chi connectivity index (χ3v) is 7.11. The molecule has 1 aliphatic rings. The average Bonchev–Trinajstić information content (AvgIpc) is 3.03. The molecule has 0 radical (unpaired) electrons. The zero-order valence-electron chi connectivity index (χ0n) is 20.7. The van der Waals surface area contributed by atoms with Gasteiger partial charge in [0.2, 0.25) is 0 Å². The van der Waals surface area contributed by atoms with Crippen LogP contribution in [-0.4, -0.2) is 38.2 Å². The van der Waals surface area contributed by atoms with E-state index >= 15 is 0 Å². The van der Waals surface area contributed by atoms with Crippen LogP contribution < -0.4 is 15.4 Å². The molecule has 0 bridgehead atoms. The second-order valence-corrected chi connectivity index (χ2v) is 10.4. The summed E-state index contributed by atoms with van der Waals surface area (Å²) in [5.41, 5.74) is 12.9. The summed E-state index contributed by atoms with van der Waals surface area (Å²) in [5, 5.41) is 10.7. The molecule has 0 saturated carbocycles. The Kier molecular flexibility index (Phi) is 6.06. The van der Waals surface area contributed by atoms with Crippen LogP contribution in [0.2, 0.25) is 0 Å². The largest absolute Gasteiger partial charge is 0.491 e. The summed E-state index contributed by atoms with van der Waals surface area (Å²) in [6.07, 6.45) is 1.14. The lowest BCUT2D eigenvalue weighted by atomic mass is 9.99. The van der Waals surface area contributed by atoms with Crippen LogP contribution >= 0.6 is 11.3 Å². The van der Waals surface area contributed by atoms with Gasteiger partial charge in [0.1, 0.15) is 34.6 Å². The highest BCUT2D eigenvalue weighted by Crippen LogP contribution is 2.37. The first-order valence-electron chi connectivity index (χ1n) is 11.8. The number of nitrogens with zero attached hydrogens (tertiary/aromatic N) is 5. The molecule has 3 aromatic heterocycles. The number of pyridine rings is 1.